The van der Waals surface area contributed by atoms with Crippen LogP contribution in [0.4, 0.5) is 18.0 Å². The van der Waals surface area contributed by atoms with Gasteiger partial charge in [0.2, 0.25) is 11.8 Å². The summed E-state index contributed by atoms with van der Waals surface area (Å²) in [6, 6.07) is -0.800. The molecule has 0 bridgehead atoms. The number of nitrogens with two attached hydrogens (primary N) is 1. The molecular weight excluding hydrogens is 453 g/mol. The van der Waals surface area contributed by atoms with Crippen LogP contribution in [0, 0.1) is 17.5 Å². The topological polar surface area (TPSA) is 122 Å². The number of aromatic nitrogens is 2. The molecule has 34 heavy (non-hydrogen) atoms. The minimum Gasteiger partial charge on any atom is -0.370 e. The fraction of sp³-hybridized carbons (Fsp3) is 0.364. The highest BCUT2D eigenvalue weighted by atomic mass is 19.2. The summed E-state index contributed by atoms with van der Waals surface area (Å²) in [5.41, 5.74) is 6.06. The maximum Gasteiger partial charge on any atom is 0.343 e. The van der Waals surface area contributed by atoms with Gasteiger partial charge in [0.25, 0.3) is 0 Å². The number of likely N-dealkylation sites (N-methyl/N-ethyl adjacent to an activating group) is 1. The Bertz CT molecular complexity index is 1160. The highest BCUT2D eigenvalue weighted by molar-refractivity contribution is 5.90. The van der Waals surface area contributed by atoms with Gasteiger partial charge in [-0.3, -0.25) is 9.59 Å². The number of fused-ring (bicyclic) bond motifs is 1. The van der Waals surface area contributed by atoms with Crippen molar-refractivity contribution in [1.29, 1.82) is 0 Å². The van der Waals surface area contributed by atoms with Gasteiger partial charge < -0.3 is 21.3 Å². The molecular formula is C22H25F3N6O3. The highest BCUT2D eigenvalue weighted by Crippen LogP contribution is 2.32. The van der Waals surface area contributed by atoms with Crippen molar-refractivity contribution in [1.82, 2.24) is 25.3 Å². The Morgan fingerprint density at radius 3 is 2.53 bits per heavy atom. The lowest BCUT2D eigenvalue weighted by Crippen LogP contribution is -2.49. The molecule has 0 unspecified atom stereocenters. The van der Waals surface area contributed by atoms with Crippen molar-refractivity contribution in [2.75, 3.05) is 20.1 Å². The van der Waals surface area contributed by atoms with Gasteiger partial charge in [-0.1, -0.05) is 6.58 Å². The highest BCUT2D eigenvalue weighted by Gasteiger charge is 2.30. The number of hydrogen-bond acceptors (Lipinski definition) is 5. The van der Waals surface area contributed by atoms with Gasteiger partial charge in [0.15, 0.2) is 11.6 Å². The van der Waals surface area contributed by atoms with E-state index in [9.17, 15) is 27.6 Å². The summed E-state index contributed by atoms with van der Waals surface area (Å²) < 4.78 is 42.9. The number of benzene rings is 1. The van der Waals surface area contributed by atoms with Gasteiger partial charge >= 0.3 is 6.03 Å². The Hall–Kier alpha value is -3.67. The van der Waals surface area contributed by atoms with Crippen LogP contribution in [0.25, 0.3) is 11.3 Å². The van der Waals surface area contributed by atoms with E-state index >= 15 is 0 Å². The summed E-state index contributed by atoms with van der Waals surface area (Å²) in [5, 5.41) is 9.23. The second-order valence-corrected chi connectivity index (χ2v) is 8.16. The van der Waals surface area contributed by atoms with Gasteiger partial charge in [0.1, 0.15) is 17.6 Å². The largest absolute Gasteiger partial charge is 0.370 e. The van der Waals surface area contributed by atoms with E-state index in [1.807, 2.05) is 11.9 Å². The van der Waals surface area contributed by atoms with Gasteiger partial charge in [0, 0.05) is 49.7 Å². The van der Waals surface area contributed by atoms with E-state index in [1.54, 1.807) is 0 Å². The molecule has 1 aliphatic rings. The third-order valence-corrected chi connectivity index (χ3v) is 5.40. The van der Waals surface area contributed by atoms with Gasteiger partial charge in [-0.05, 0) is 25.6 Å². The molecule has 0 radical (unpaired) electrons. The molecule has 1 aliphatic heterocycles. The van der Waals surface area contributed by atoms with E-state index in [1.165, 1.54) is 6.92 Å². The summed E-state index contributed by atoms with van der Waals surface area (Å²) >= 11 is 0. The third kappa shape index (κ3) is 5.28. The van der Waals surface area contributed by atoms with E-state index in [4.69, 9.17) is 5.73 Å². The fourth-order valence-electron chi connectivity index (χ4n) is 3.65. The van der Waals surface area contributed by atoms with Crippen LogP contribution in [0.3, 0.4) is 0 Å². The van der Waals surface area contributed by atoms with E-state index in [-0.39, 0.29) is 24.2 Å². The fourth-order valence-corrected chi connectivity index (χ4v) is 3.65. The Morgan fingerprint density at radius 2 is 1.88 bits per heavy atom. The summed E-state index contributed by atoms with van der Waals surface area (Å²) in [6.07, 6.45) is 0.298. The van der Waals surface area contributed by atoms with Crippen molar-refractivity contribution < 1.29 is 27.6 Å². The standard InChI is InChI=1S/C22H25F3N6O3/c1-11(2)19(21(33)27-6-4-18(26)32)28-22(34)31-17-5-7-30(3)10-13(17)20(29-31)12-8-15(24)16(25)9-14(12)23/h8-9,19H,1,4-7,10H2,2-3H3,(H2,26,32)(H,27,33)(H,28,34)/t19-/m0/s1. The van der Waals surface area contributed by atoms with Crippen LogP contribution in [0.1, 0.15) is 24.6 Å². The number of carbonyl (C=O) groups is 3. The molecule has 1 aromatic carbocycles. The minimum atomic E-state index is -1.34. The molecule has 0 aliphatic carbocycles. The second-order valence-electron chi connectivity index (χ2n) is 8.16. The lowest BCUT2D eigenvalue weighted by molar-refractivity contribution is -0.122. The second kappa shape index (κ2) is 10.1. The number of nitrogens with one attached hydrogen (secondary N) is 2. The van der Waals surface area contributed by atoms with Crippen LogP contribution >= 0.6 is 0 Å². The molecule has 3 amide bonds. The quantitative estimate of drug-likeness (QED) is 0.411. The van der Waals surface area contributed by atoms with Crippen LogP contribution in [0.5, 0.6) is 0 Å². The Labute approximate surface area is 193 Å². The average molecular weight is 478 g/mol. The van der Waals surface area contributed by atoms with Gasteiger partial charge in [0.05, 0.1) is 5.69 Å². The van der Waals surface area contributed by atoms with Crippen molar-refractivity contribution in [2.45, 2.75) is 32.4 Å². The molecule has 182 valence electrons. The maximum absolute atomic E-state index is 14.5. The first-order valence-electron chi connectivity index (χ1n) is 10.5. The first kappa shape index (κ1) is 25.0. The molecule has 1 atom stereocenters. The molecule has 2 aromatic rings. The predicted molar refractivity (Wildman–Crippen MR) is 117 cm³/mol. The summed E-state index contributed by atoms with van der Waals surface area (Å²) in [7, 11) is 1.82. The van der Waals surface area contributed by atoms with Gasteiger partial charge in [-0.25, -0.2) is 18.0 Å². The van der Waals surface area contributed by atoms with Crippen molar-refractivity contribution >= 4 is 17.8 Å². The van der Waals surface area contributed by atoms with E-state index in [0.29, 0.717) is 48.5 Å². The normalized spacial score (nSPS) is 14.3. The Kier molecular flexibility index (Phi) is 7.40. The molecule has 4 N–H and O–H groups in total. The monoisotopic (exact) mass is 478 g/mol. The third-order valence-electron chi connectivity index (χ3n) is 5.40. The molecule has 0 saturated carbocycles. The minimum absolute atomic E-state index is 0.00545. The molecule has 2 heterocycles. The number of nitrogens with zero attached hydrogens (tertiary/aromatic N) is 3. The van der Waals surface area contributed by atoms with Crippen LogP contribution in [-0.4, -0.2) is 58.7 Å². The summed E-state index contributed by atoms with van der Waals surface area (Å²) in [6.45, 7) is 6.11. The molecule has 9 nitrogen and oxygen atoms in total. The Balaban J connectivity index is 1.95. The molecule has 1 aromatic heterocycles. The zero-order valence-electron chi connectivity index (χ0n) is 18.8. The van der Waals surface area contributed by atoms with Crippen molar-refractivity contribution in [3.63, 3.8) is 0 Å². The average Bonchev–Trinajstić information content (AvgIpc) is 3.12. The zero-order chi connectivity index (χ0) is 25.2. The van der Waals surface area contributed by atoms with Crippen LogP contribution < -0.4 is 16.4 Å². The maximum atomic E-state index is 14.5. The zero-order valence-corrected chi connectivity index (χ0v) is 18.8. The van der Waals surface area contributed by atoms with Crippen molar-refractivity contribution in [3.8, 4) is 11.3 Å². The first-order chi connectivity index (χ1) is 16.0. The number of primary amides is 1. The van der Waals surface area contributed by atoms with E-state index < -0.39 is 41.3 Å². The van der Waals surface area contributed by atoms with E-state index in [0.717, 1.165) is 4.68 Å². The number of rotatable bonds is 7. The van der Waals surface area contributed by atoms with Gasteiger partial charge in [-0.15, -0.1) is 0 Å². The summed E-state index contributed by atoms with van der Waals surface area (Å²) in [5.74, 6) is -4.80. The molecule has 0 saturated heterocycles. The Morgan fingerprint density at radius 1 is 1.21 bits per heavy atom. The lowest BCUT2D eigenvalue weighted by atomic mass is 10.0. The SMILES string of the molecule is C=C(C)[C@H](NC(=O)n1nc(-c2cc(F)c(F)cc2F)c2c1CCN(C)C2)C(=O)NCCC(N)=O. The van der Waals surface area contributed by atoms with Crippen LogP contribution in [0.15, 0.2) is 24.3 Å². The number of halogens is 3. The molecule has 0 fully saturated rings. The number of hydrogen-bond donors (Lipinski definition) is 3. The van der Waals surface area contributed by atoms with Gasteiger partial charge in [-0.2, -0.15) is 9.78 Å². The van der Waals surface area contributed by atoms with Crippen molar-refractivity contribution in [2.24, 2.45) is 5.73 Å². The molecule has 0 spiro atoms. The van der Waals surface area contributed by atoms with Crippen LogP contribution in [0.2, 0.25) is 0 Å². The molecule has 3 rings (SSSR count). The summed E-state index contributed by atoms with van der Waals surface area (Å²) in [4.78, 5) is 38.4. The van der Waals surface area contributed by atoms with Crippen LogP contribution in [-0.2, 0) is 22.6 Å². The number of amides is 3. The number of carbonyl (C=O) groups excluding carboxylic acids is 3. The van der Waals surface area contributed by atoms with E-state index in [2.05, 4.69) is 22.3 Å². The van der Waals surface area contributed by atoms with Crippen molar-refractivity contribution in [3.05, 3.63) is 53.0 Å². The predicted octanol–water partition coefficient (Wildman–Crippen LogP) is 1.45. The smallest absolute Gasteiger partial charge is 0.343 e. The lowest BCUT2D eigenvalue weighted by Gasteiger charge is -2.24. The first-order valence-corrected chi connectivity index (χ1v) is 10.5. The molecule has 12 heteroatoms.